The lowest BCUT2D eigenvalue weighted by atomic mass is 9.82. The van der Waals surface area contributed by atoms with Crippen molar-refractivity contribution in [2.75, 3.05) is 0 Å². The highest BCUT2D eigenvalue weighted by atomic mass is 14.4. The summed E-state index contributed by atoms with van der Waals surface area (Å²) in [5, 5.41) is 8.70. The molecule has 0 aromatic carbocycles. The number of rotatable bonds is 0. The van der Waals surface area contributed by atoms with Crippen LogP contribution in [0, 0.1) is 29.1 Å². The molecule has 0 amide bonds. The van der Waals surface area contributed by atoms with Crippen LogP contribution in [0.15, 0.2) is 0 Å². The van der Waals surface area contributed by atoms with Crippen LogP contribution in [0.1, 0.15) is 32.1 Å². The molecule has 2 aliphatic carbocycles. The van der Waals surface area contributed by atoms with Crippen molar-refractivity contribution in [2.24, 2.45) is 17.8 Å². The fourth-order valence-corrected chi connectivity index (χ4v) is 2.61. The summed E-state index contributed by atoms with van der Waals surface area (Å²) in [6.45, 7) is 0. The third-order valence-electron chi connectivity index (χ3n) is 3.07. The first-order valence-electron chi connectivity index (χ1n) is 4.28. The van der Waals surface area contributed by atoms with Crippen molar-refractivity contribution in [3.05, 3.63) is 0 Å². The minimum absolute atomic E-state index is 0.409. The van der Waals surface area contributed by atoms with E-state index in [-0.39, 0.29) is 0 Å². The summed E-state index contributed by atoms with van der Waals surface area (Å²) in [7, 11) is 0. The van der Waals surface area contributed by atoms with E-state index in [1.165, 1.54) is 32.1 Å². The second kappa shape index (κ2) is 2.27. The lowest BCUT2D eigenvalue weighted by Gasteiger charge is -2.22. The molecule has 0 radical (unpaired) electrons. The molecular formula is C9H13N. The standard InChI is InChI=1S/C9H13N/c10-6-9-4-7-1-2-8(3-7)5-9/h7-9H,1-5H2/t7-,8-/m1/s1. The maximum Gasteiger partial charge on any atom is 0.0655 e. The summed E-state index contributed by atoms with van der Waals surface area (Å²) in [4.78, 5) is 0. The van der Waals surface area contributed by atoms with E-state index >= 15 is 0 Å². The highest BCUT2D eigenvalue weighted by Crippen LogP contribution is 2.44. The van der Waals surface area contributed by atoms with Crippen molar-refractivity contribution < 1.29 is 0 Å². The number of nitrogens with zero attached hydrogens (tertiary/aromatic N) is 1. The zero-order chi connectivity index (χ0) is 6.97. The number of fused-ring (bicyclic) bond motifs is 2. The molecule has 0 heterocycles. The Hall–Kier alpha value is -0.510. The molecule has 2 bridgehead atoms. The van der Waals surface area contributed by atoms with Crippen molar-refractivity contribution in [1.29, 1.82) is 5.26 Å². The molecule has 0 aromatic heterocycles. The van der Waals surface area contributed by atoms with Gasteiger partial charge >= 0.3 is 0 Å². The van der Waals surface area contributed by atoms with Crippen molar-refractivity contribution >= 4 is 0 Å². The zero-order valence-electron chi connectivity index (χ0n) is 6.21. The van der Waals surface area contributed by atoms with E-state index in [4.69, 9.17) is 5.26 Å². The smallest absolute Gasteiger partial charge is 0.0655 e. The Balaban J connectivity index is 2.04. The molecule has 54 valence electrons. The number of hydrogen-bond acceptors (Lipinski definition) is 1. The Labute approximate surface area is 62.0 Å². The fourth-order valence-electron chi connectivity index (χ4n) is 2.61. The summed E-state index contributed by atoms with van der Waals surface area (Å²) >= 11 is 0. The van der Waals surface area contributed by atoms with E-state index in [1.54, 1.807) is 0 Å². The summed E-state index contributed by atoms with van der Waals surface area (Å²) in [6.07, 6.45) is 6.64. The van der Waals surface area contributed by atoms with Crippen LogP contribution in [0.2, 0.25) is 0 Å². The molecule has 0 aromatic rings. The van der Waals surface area contributed by atoms with Crippen molar-refractivity contribution in [1.82, 2.24) is 0 Å². The maximum atomic E-state index is 8.70. The highest BCUT2D eigenvalue weighted by molar-refractivity contribution is 4.94. The summed E-state index contributed by atoms with van der Waals surface area (Å²) in [5.74, 6) is 2.25. The van der Waals surface area contributed by atoms with Gasteiger partial charge in [0.25, 0.3) is 0 Å². The van der Waals surface area contributed by atoms with Gasteiger partial charge in [0, 0.05) is 5.92 Å². The van der Waals surface area contributed by atoms with Gasteiger partial charge in [-0.3, -0.25) is 0 Å². The van der Waals surface area contributed by atoms with Crippen LogP contribution in [0.4, 0.5) is 0 Å². The quantitative estimate of drug-likeness (QED) is 0.500. The molecule has 0 aliphatic heterocycles. The van der Waals surface area contributed by atoms with E-state index in [0.717, 1.165) is 11.8 Å². The van der Waals surface area contributed by atoms with Crippen LogP contribution in [-0.2, 0) is 0 Å². The second-order valence-electron chi connectivity index (χ2n) is 3.84. The van der Waals surface area contributed by atoms with Crippen molar-refractivity contribution in [3.63, 3.8) is 0 Å². The molecule has 2 atom stereocenters. The van der Waals surface area contributed by atoms with E-state index < -0.39 is 0 Å². The SMILES string of the molecule is N#CC1C[C@@H]2CC[C@@H](C1)C2. The lowest BCUT2D eigenvalue weighted by molar-refractivity contribution is 0.306. The van der Waals surface area contributed by atoms with Gasteiger partial charge in [-0.15, -0.1) is 0 Å². The Morgan fingerprint density at radius 1 is 1.00 bits per heavy atom. The molecule has 1 nitrogen and oxygen atoms in total. The summed E-state index contributed by atoms with van der Waals surface area (Å²) in [5.41, 5.74) is 0. The maximum absolute atomic E-state index is 8.70. The van der Waals surface area contributed by atoms with Crippen LogP contribution >= 0.6 is 0 Å². The predicted octanol–water partition coefficient (Wildman–Crippen LogP) is 2.34. The monoisotopic (exact) mass is 135 g/mol. The zero-order valence-corrected chi connectivity index (χ0v) is 6.21. The third kappa shape index (κ3) is 0.923. The van der Waals surface area contributed by atoms with E-state index in [9.17, 15) is 0 Å². The van der Waals surface area contributed by atoms with E-state index in [2.05, 4.69) is 6.07 Å². The molecule has 2 rings (SSSR count). The molecule has 2 saturated carbocycles. The molecule has 0 N–H and O–H groups in total. The minimum Gasteiger partial charge on any atom is -0.198 e. The molecule has 0 saturated heterocycles. The predicted molar refractivity (Wildman–Crippen MR) is 39.2 cm³/mol. The van der Waals surface area contributed by atoms with Crippen LogP contribution in [0.25, 0.3) is 0 Å². The largest absolute Gasteiger partial charge is 0.198 e. The van der Waals surface area contributed by atoms with E-state index in [0.29, 0.717) is 5.92 Å². The topological polar surface area (TPSA) is 23.8 Å². The van der Waals surface area contributed by atoms with Crippen LogP contribution in [-0.4, -0.2) is 0 Å². The molecule has 0 spiro atoms. The number of nitriles is 1. The van der Waals surface area contributed by atoms with E-state index in [1.807, 2.05) is 0 Å². The van der Waals surface area contributed by atoms with Gasteiger partial charge in [-0.05, 0) is 31.1 Å². The Morgan fingerprint density at radius 2 is 1.60 bits per heavy atom. The summed E-state index contributed by atoms with van der Waals surface area (Å²) in [6, 6.07) is 2.40. The summed E-state index contributed by atoms with van der Waals surface area (Å²) < 4.78 is 0. The van der Waals surface area contributed by atoms with Crippen LogP contribution in [0.5, 0.6) is 0 Å². The first kappa shape index (κ1) is 6.22. The Kier molecular flexibility index (Phi) is 1.41. The first-order chi connectivity index (χ1) is 4.88. The van der Waals surface area contributed by atoms with Crippen LogP contribution in [0.3, 0.4) is 0 Å². The van der Waals surface area contributed by atoms with Gasteiger partial charge < -0.3 is 0 Å². The molecule has 10 heavy (non-hydrogen) atoms. The van der Waals surface area contributed by atoms with Crippen molar-refractivity contribution in [3.8, 4) is 6.07 Å². The Bertz CT molecular complexity index is 156. The Morgan fingerprint density at radius 3 is 2.10 bits per heavy atom. The molecule has 2 aliphatic rings. The fraction of sp³-hybridized carbons (Fsp3) is 0.889. The minimum atomic E-state index is 0.409. The number of hydrogen-bond donors (Lipinski definition) is 0. The van der Waals surface area contributed by atoms with Gasteiger partial charge in [0.05, 0.1) is 6.07 Å². The normalized spacial score (nSPS) is 44.9. The van der Waals surface area contributed by atoms with Gasteiger partial charge in [0.1, 0.15) is 0 Å². The van der Waals surface area contributed by atoms with Gasteiger partial charge in [-0.2, -0.15) is 5.26 Å². The molecule has 1 heteroatoms. The highest BCUT2D eigenvalue weighted by Gasteiger charge is 2.33. The van der Waals surface area contributed by atoms with Gasteiger partial charge in [0.15, 0.2) is 0 Å². The van der Waals surface area contributed by atoms with Crippen molar-refractivity contribution in [2.45, 2.75) is 32.1 Å². The first-order valence-corrected chi connectivity index (χ1v) is 4.28. The van der Waals surface area contributed by atoms with Gasteiger partial charge in [-0.25, -0.2) is 0 Å². The molecule has 0 unspecified atom stereocenters. The third-order valence-corrected chi connectivity index (χ3v) is 3.07. The van der Waals surface area contributed by atoms with Gasteiger partial charge in [-0.1, -0.05) is 12.8 Å². The van der Waals surface area contributed by atoms with Gasteiger partial charge in [0.2, 0.25) is 0 Å². The average molecular weight is 135 g/mol. The average Bonchev–Trinajstić information content (AvgIpc) is 2.30. The molecule has 2 fully saturated rings. The second-order valence-corrected chi connectivity index (χ2v) is 3.84. The lowest BCUT2D eigenvalue weighted by Crippen LogP contribution is -2.13. The van der Waals surface area contributed by atoms with Crippen LogP contribution < -0.4 is 0 Å². The molecular weight excluding hydrogens is 122 g/mol.